The van der Waals surface area contributed by atoms with Crippen LogP contribution in [0.5, 0.6) is 5.75 Å². The Morgan fingerprint density at radius 1 is 0.957 bits per heavy atom. The Kier molecular flexibility index (Phi) is 5.74. The summed E-state index contributed by atoms with van der Waals surface area (Å²) in [5, 5.41) is 0. The molecule has 2 aromatic rings. The minimum Gasteiger partial charge on any atom is -0.494 e. The minimum atomic E-state index is -0.487. The average molecular weight is 313 g/mol. The second-order valence-corrected chi connectivity index (χ2v) is 5.01. The average Bonchev–Trinajstić information content (AvgIpc) is 2.58. The number of nitrogens with two attached hydrogens (primary N) is 1. The highest BCUT2D eigenvalue weighted by molar-refractivity contribution is 5.92. The van der Waals surface area contributed by atoms with E-state index in [0.29, 0.717) is 17.7 Å². The molecule has 0 bridgehead atoms. The van der Waals surface area contributed by atoms with Gasteiger partial charge in [0.05, 0.1) is 12.2 Å². The molecule has 0 atom stereocenters. The lowest BCUT2D eigenvalue weighted by atomic mass is 10.1. The second-order valence-electron chi connectivity index (χ2n) is 5.01. The molecule has 0 fully saturated rings. The standard InChI is InChI=1S/C18H19NO4/c1-2-11-22-16-9-7-15(8-10-16)18(21)23-12-13-3-5-14(6-4-13)17(19)20/h3-10H,2,11-12H2,1H3,(H2,19,20). The Hall–Kier alpha value is -2.82. The lowest BCUT2D eigenvalue weighted by Gasteiger charge is -2.07. The van der Waals surface area contributed by atoms with Crippen LogP contribution in [0.4, 0.5) is 0 Å². The molecule has 0 heterocycles. The fourth-order valence-electron chi connectivity index (χ4n) is 1.90. The molecule has 0 aliphatic rings. The number of primary amides is 1. The molecule has 1 amide bonds. The van der Waals surface area contributed by atoms with Crippen molar-refractivity contribution < 1.29 is 19.1 Å². The van der Waals surface area contributed by atoms with E-state index in [9.17, 15) is 9.59 Å². The molecular formula is C18H19NO4. The maximum absolute atomic E-state index is 12.0. The molecule has 0 aliphatic heterocycles. The lowest BCUT2D eigenvalue weighted by molar-refractivity contribution is 0.0472. The van der Waals surface area contributed by atoms with Gasteiger partial charge in [-0.25, -0.2) is 4.79 Å². The van der Waals surface area contributed by atoms with E-state index in [2.05, 4.69) is 0 Å². The third-order valence-corrected chi connectivity index (χ3v) is 3.17. The summed E-state index contributed by atoms with van der Waals surface area (Å²) in [6, 6.07) is 13.4. The van der Waals surface area contributed by atoms with Crippen LogP contribution in [-0.4, -0.2) is 18.5 Å². The summed E-state index contributed by atoms with van der Waals surface area (Å²) in [7, 11) is 0. The first kappa shape index (κ1) is 16.5. The summed E-state index contributed by atoms with van der Waals surface area (Å²) in [6.07, 6.45) is 0.929. The first-order valence-electron chi connectivity index (χ1n) is 7.39. The fraction of sp³-hybridized carbons (Fsp3) is 0.222. The van der Waals surface area contributed by atoms with Gasteiger partial charge >= 0.3 is 5.97 Å². The van der Waals surface area contributed by atoms with Crippen molar-refractivity contribution in [3.8, 4) is 5.75 Å². The molecule has 2 N–H and O–H groups in total. The van der Waals surface area contributed by atoms with E-state index in [1.807, 2.05) is 6.92 Å². The third-order valence-electron chi connectivity index (χ3n) is 3.17. The first-order chi connectivity index (χ1) is 11.1. The van der Waals surface area contributed by atoms with Gasteiger partial charge in [0.15, 0.2) is 0 Å². The number of benzene rings is 2. The Balaban J connectivity index is 1.90. The van der Waals surface area contributed by atoms with E-state index in [-0.39, 0.29) is 6.61 Å². The second kappa shape index (κ2) is 7.98. The van der Waals surface area contributed by atoms with Gasteiger partial charge in [-0.05, 0) is 48.4 Å². The van der Waals surface area contributed by atoms with Crippen LogP contribution in [-0.2, 0) is 11.3 Å². The molecule has 5 nitrogen and oxygen atoms in total. The number of amides is 1. The zero-order valence-corrected chi connectivity index (χ0v) is 13.0. The van der Waals surface area contributed by atoms with E-state index in [4.69, 9.17) is 15.2 Å². The largest absolute Gasteiger partial charge is 0.494 e. The van der Waals surface area contributed by atoms with Crippen molar-refractivity contribution in [2.45, 2.75) is 20.0 Å². The predicted molar refractivity (Wildman–Crippen MR) is 86.3 cm³/mol. The van der Waals surface area contributed by atoms with Gasteiger partial charge in [-0.15, -0.1) is 0 Å². The molecule has 0 saturated carbocycles. The fourth-order valence-corrected chi connectivity index (χ4v) is 1.90. The predicted octanol–water partition coefficient (Wildman–Crippen LogP) is 2.93. The summed E-state index contributed by atoms with van der Waals surface area (Å²) < 4.78 is 10.7. The summed E-state index contributed by atoms with van der Waals surface area (Å²) in [6.45, 7) is 2.80. The van der Waals surface area contributed by atoms with Crippen molar-refractivity contribution in [1.82, 2.24) is 0 Å². The van der Waals surface area contributed by atoms with Crippen molar-refractivity contribution in [2.24, 2.45) is 5.73 Å². The number of ether oxygens (including phenoxy) is 2. The summed E-state index contributed by atoms with van der Waals surface area (Å²) in [4.78, 5) is 23.0. The van der Waals surface area contributed by atoms with Gasteiger partial charge in [0, 0.05) is 5.56 Å². The molecule has 0 unspecified atom stereocenters. The molecular weight excluding hydrogens is 294 g/mol. The molecule has 0 aliphatic carbocycles. The van der Waals surface area contributed by atoms with Crippen LogP contribution in [0.3, 0.4) is 0 Å². The summed E-state index contributed by atoms with van der Waals surface area (Å²) >= 11 is 0. The molecule has 2 aromatic carbocycles. The highest BCUT2D eigenvalue weighted by Crippen LogP contribution is 2.14. The van der Waals surface area contributed by atoms with Crippen molar-refractivity contribution in [3.05, 3.63) is 65.2 Å². The number of rotatable bonds is 7. The molecule has 0 aromatic heterocycles. The van der Waals surface area contributed by atoms with E-state index in [1.165, 1.54) is 0 Å². The number of hydrogen-bond acceptors (Lipinski definition) is 4. The van der Waals surface area contributed by atoms with E-state index < -0.39 is 11.9 Å². The first-order valence-corrected chi connectivity index (χ1v) is 7.39. The van der Waals surface area contributed by atoms with Gasteiger partial charge in [0.2, 0.25) is 5.91 Å². The van der Waals surface area contributed by atoms with Crippen LogP contribution < -0.4 is 10.5 Å². The van der Waals surface area contributed by atoms with Gasteiger partial charge in [0.25, 0.3) is 0 Å². The Morgan fingerprint density at radius 2 is 1.57 bits per heavy atom. The molecule has 23 heavy (non-hydrogen) atoms. The zero-order valence-electron chi connectivity index (χ0n) is 13.0. The highest BCUT2D eigenvalue weighted by Gasteiger charge is 2.08. The number of carbonyl (C=O) groups excluding carboxylic acids is 2. The van der Waals surface area contributed by atoms with Gasteiger partial charge in [-0.2, -0.15) is 0 Å². The van der Waals surface area contributed by atoms with Crippen LogP contribution in [0.2, 0.25) is 0 Å². The molecule has 0 spiro atoms. The molecule has 120 valence electrons. The lowest BCUT2D eigenvalue weighted by Crippen LogP contribution is -2.11. The highest BCUT2D eigenvalue weighted by atomic mass is 16.5. The van der Waals surface area contributed by atoms with Crippen LogP contribution >= 0.6 is 0 Å². The summed E-state index contributed by atoms with van der Waals surface area (Å²) in [5.74, 6) is -0.171. The van der Waals surface area contributed by atoms with E-state index >= 15 is 0 Å². The van der Waals surface area contributed by atoms with Crippen molar-refractivity contribution in [3.63, 3.8) is 0 Å². The minimum absolute atomic E-state index is 0.131. The smallest absolute Gasteiger partial charge is 0.338 e. The number of esters is 1. The topological polar surface area (TPSA) is 78.6 Å². The zero-order chi connectivity index (χ0) is 16.7. The maximum Gasteiger partial charge on any atom is 0.338 e. The maximum atomic E-state index is 12.0. The van der Waals surface area contributed by atoms with Gasteiger partial charge < -0.3 is 15.2 Å². The molecule has 2 rings (SSSR count). The monoisotopic (exact) mass is 313 g/mol. The molecule has 0 saturated heterocycles. The Bertz CT molecular complexity index is 662. The van der Waals surface area contributed by atoms with Crippen LogP contribution in [0, 0.1) is 0 Å². The molecule has 0 radical (unpaired) electrons. The van der Waals surface area contributed by atoms with Gasteiger partial charge in [-0.3, -0.25) is 4.79 Å². The van der Waals surface area contributed by atoms with Crippen LogP contribution in [0.1, 0.15) is 39.6 Å². The quantitative estimate of drug-likeness (QED) is 0.797. The van der Waals surface area contributed by atoms with Crippen molar-refractivity contribution in [1.29, 1.82) is 0 Å². The van der Waals surface area contributed by atoms with Crippen molar-refractivity contribution in [2.75, 3.05) is 6.61 Å². The summed E-state index contributed by atoms with van der Waals surface area (Å²) in [5.41, 5.74) is 6.83. The van der Waals surface area contributed by atoms with Gasteiger partial charge in [-0.1, -0.05) is 19.1 Å². The van der Waals surface area contributed by atoms with Gasteiger partial charge in [0.1, 0.15) is 12.4 Å². The Morgan fingerprint density at radius 3 is 2.13 bits per heavy atom. The van der Waals surface area contributed by atoms with Crippen LogP contribution in [0.15, 0.2) is 48.5 Å². The van der Waals surface area contributed by atoms with E-state index in [0.717, 1.165) is 17.7 Å². The van der Waals surface area contributed by atoms with Crippen LogP contribution in [0.25, 0.3) is 0 Å². The molecule has 5 heteroatoms. The SMILES string of the molecule is CCCOc1ccc(C(=O)OCc2ccc(C(N)=O)cc2)cc1. The Labute approximate surface area is 135 Å². The third kappa shape index (κ3) is 4.85. The van der Waals surface area contributed by atoms with Crippen molar-refractivity contribution >= 4 is 11.9 Å². The normalized spacial score (nSPS) is 10.1. The van der Waals surface area contributed by atoms with E-state index in [1.54, 1.807) is 48.5 Å². The number of hydrogen-bond donors (Lipinski definition) is 1. The number of carbonyl (C=O) groups is 2.